The number of nitrogens with zero attached hydrogens (tertiary/aromatic N) is 1. The zero-order valence-electron chi connectivity index (χ0n) is 13.9. The number of rotatable bonds is 5. The molecule has 0 spiro atoms. The van der Waals surface area contributed by atoms with Crippen molar-refractivity contribution in [3.63, 3.8) is 0 Å². The van der Waals surface area contributed by atoms with E-state index in [9.17, 15) is 23.1 Å². The highest BCUT2D eigenvalue weighted by Crippen LogP contribution is 2.40. The molecule has 0 aromatic carbocycles. The Bertz CT molecular complexity index is 747. The van der Waals surface area contributed by atoms with E-state index in [1.807, 2.05) is 0 Å². The summed E-state index contributed by atoms with van der Waals surface area (Å²) in [7, 11) is -3.78. The molecule has 1 aliphatic carbocycles. The van der Waals surface area contributed by atoms with Crippen molar-refractivity contribution in [2.24, 2.45) is 5.92 Å². The zero-order chi connectivity index (χ0) is 18.2. The standard InChI is InChI=1S/C16H22N2O5S2/c1-10(17-25(22,23)14-7-4-8-24-14)15(19)18-12-6-3-2-5-11(12)9-13(18)16(20)21/h4,7-8,10-13,17H,2-3,5-6,9H2,1H3,(H,20,21). The van der Waals surface area contributed by atoms with Gasteiger partial charge in [0.2, 0.25) is 5.91 Å². The maximum absolute atomic E-state index is 12.9. The molecule has 25 heavy (non-hydrogen) atoms. The predicted molar refractivity (Wildman–Crippen MR) is 92.7 cm³/mol. The fourth-order valence-corrected chi connectivity index (χ4v) is 6.18. The van der Waals surface area contributed by atoms with Crippen LogP contribution in [0.15, 0.2) is 21.7 Å². The first-order valence-corrected chi connectivity index (χ1v) is 10.8. The lowest BCUT2D eigenvalue weighted by Gasteiger charge is -2.34. The highest BCUT2D eigenvalue weighted by molar-refractivity contribution is 7.91. The minimum atomic E-state index is -3.78. The second-order valence-electron chi connectivity index (χ2n) is 6.72. The van der Waals surface area contributed by atoms with Crippen LogP contribution in [-0.2, 0) is 19.6 Å². The van der Waals surface area contributed by atoms with Gasteiger partial charge in [0.05, 0.1) is 6.04 Å². The minimum absolute atomic E-state index is 0.101. The normalized spacial score (nSPS) is 27.7. The molecule has 4 unspecified atom stereocenters. The molecule has 138 valence electrons. The molecule has 0 bridgehead atoms. The van der Waals surface area contributed by atoms with Crippen molar-refractivity contribution in [3.05, 3.63) is 17.5 Å². The molecule has 4 atom stereocenters. The molecule has 0 radical (unpaired) electrons. The van der Waals surface area contributed by atoms with Crippen LogP contribution in [-0.4, -0.2) is 48.4 Å². The monoisotopic (exact) mass is 386 g/mol. The van der Waals surface area contributed by atoms with E-state index in [2.05, 4.69) is 4.72 Å². The summed E-state index contributed by atoms with van der Waals surface area (Å²) >= 11 is 1.07. The minimum Gasteiger partial charge on any atom is -0.480 e. The molecular formula is C16H22N2O5S2. The third-order valence-corrected chi connectivity index (χ3v) is 8.03. The Morgan fingerprint density at radius 3 is 2.72 bits per heavy atom. The van der Waals surface area contributed by atoms with E-state index in [1.165, 1.54) is 17.9 Å². The van der Waals surface area contributed by atoms with E-state index in [-0.39, 0.29) is 16.2 Å². The van der Waals surface area contributed by atoms with Crippen molar-refractivity contribution < 1.29 is 23.1 Å². The van der Waals surface area contributed by atoms with E-state index < -0.39 is 34.0 Å². The summed E-state index contributed by atoms with van der Waals surface area (Å²) in [6, 6.07) is 1.12. The number of hydrogen-bond acceptors (Lipinski definition) is 5. The number of amides is 1. The largest absolute Gasteiger partial charge is 0.480 e. The first-order valence-electron chi connectivity index (χ1n) is 8.42. The van der Waals surface area contributed by atoms with E-state index >= 15 is 0 Å². The second-order valence-corrected chi connectivity index (χ2v) is 9.61. The number of fused-ring (bicyclic) bond motifs is 1. The van der Waals surface area contributed by atoms with Crippen LogP contribution in [0.2, 0.25) is 0 Å². The molecule has 1 amide bonds. The number of carbonyl (C=O) groups excluding carboxylic acids is 1. The summed E-state index contributed by atoms with van der Waals surface area (Å²) in [4.78, 5) is 25.9. The van der Waals surface area contributed by atoms with Crippen molar-refractivity contribution in [1.82, 2.24) is 9.62 Å². The predicted octanol–water partition coefficient (Wildman–Crippen LogP) is 1.66. The Morgan fingerprint density at radius 2 is 2.08 bits per heavy atom. The molecule has 2 heterocycles. The van der Waals surface area contributed by atoms with Gasteiger partial charge in [-0.3, -0.25) is 4.79 Å². The quantitative estimate of drug-likeness (QED) is 0.801. The molecule has 2 N–H and O–H groups in total. The molecule has 1 aliphatic heterocycles. The van der Waals surface area contributed by atoms with Crippen molar-refractivity contribution in [1.29, 1.82) is 0 Å². The van der Waals surface area contributed by atoms with Crippen molar-refractivity contribution >= 4 is 33.2 Å². The topological polar surface area (TPSA) is 104 Å². The van der Waals surface area contributed by atoms with Crippen LogP contribution in [0.5, 0.6) is 0 Å². The van der Waals surface area contributed by atoms with Gasteiger partial charge in [0, 0.05) is 6.04 Å². The van der Waals surface area contributed by atoms with Gasteiger partial charge in [-0.1, -0.05) is 18.9 Å². The van der Waals surface area contributed by atoms with Gasteiger partial charge in [0.1, 0.15) is 10.3 Å². The van der Waals surface area contributed by atoms with Crippen LogP contribution < -0.4 is 4.72 Å². The lowest BCUT2D eigenvalue weighted by Crippen LogP contribution is -2.53. The fourth-order valence-electron chi connectivity index (χ4n) is 3.98. The first-order chi connectivity index (χ1) is 11.8. The van der Waals surface area contributed by atoms with E-state index in [4.69, 9.17) is 0 Å². The molecule has 2 aliphatic rings. The highest BCUT2D eigenvalue weighted by atomic mass is 32.2. The maximum atomic E-state index is 12.9. The lowest BCUT2D eigenvalue weighted by atomic mass is 9.84. The van der Waals surface area contributed by atoms with Crippen LogP contribution in [0.4, 0.5) is 0 Å². The molecule has 9 heteroatoms. The molecule has 7 nitrogen and oxygen atoms in total. The molecular weight excluding hydrogens is 364 g/mol. The van der Waals surface area contributed by atoms with Crippen LogP contribution in [0.1, 0.15) is 39.0 Å². The summed E-state index contributed by atoms with van der Waals surface area (Å²) in [6.45, 7) is 1.47. The number of carboxylic acids is 1. The Hall–Kier alpha value is -1.45. The molecule has 3 rings (SSSR count). The van der Waals surface area contributed by atoms with Crippen molar-refractivity contribution in [2.45, 2.75) is 61.4 Å². The molecule has 1 saturated heterocycles. The summed E-state index contributed by atoms with van der Waals surface area (Å²) in [5, 5.41) is 11.2. The lowest BCUT2D eigenvalue weighted by molar-refractivity contribution is -0.150. The Labute approximate surface area is 151 Å². The van der Waals surface area contributed by atoms with E-state index in [0.717, 1.165) is 37.0 Å². The number of hydrogen-bond donors (Lipinski definition) is 2. The third kappa shape index (κ3) is 3.58. The second kappa shape index (κ2) is 7.05. The van der Waals surface area contributed by atoms with E-state index in [0.29, 0.717) is 6.42 Å². The Kier molecular flexibility index (Phi) is 5.17. The number of nitrogens with one attached hydrogen (secondary N) is 1. The smallest absolute Gasteiger partial charge is 0.326 e. The number of likely N-dealkylation sites (tertiary alicyclic amines) is 1. The van der Waals surface area contributed by atoms with Gasteiger partial charge in [-0.05, 0) is 43.6 Å². The van der Waals surface area contributed by atoms with Crippen molar-refractivity contribution in [2.75, 3.05) is 0 Å². The SMILES string of the molecule is CC(NS(=O)(=O)c1cccs1)C(=O)N1C(C(=O)O)CC2CCCCC21. The van der Waals surface area contributed by atoms with Gasteiger partial charge in [-0.15, -0.1) is 11.3 Å². The third-order valence-electron chi connectivity index (χ3n) is 5.09. The van der Waals surface area contributed by atoms with Gasteiger partial charge in [0.25, 0.3) is 10.0 Å². The average molecular weight is 386 g/mol. The summed E-state index contributed by atoms with van der Waals surface area (Å²) < 4.78 is 27.2. The zero-order valence-corrected chi connectivity index (χ0v) is 15.6. The van der Waals surface area contributed by atoms with Crippen LogP contribution >= 0.6 is 11.3 Å². The molecule has 1 aromatic rings. The first kappa shape index (κ1) is 18.3. The van der Waals surface area contributed by atoms with E-state index in [1.54, 1.807) is 11.4 Å². The average Bonchev–Trinajstić information content (AvgIpc) is 3.21. The number of sulfonamides is 1. The van der Waals surface area contributed by atoms with Gasteiger partial charge in [0.15, 0.2) is 0 Å². The summed E-state index contributed by atoms with van der Waals surface area (Å²) in [5.74, 6) is -1.28. The molecule has 2 fully saturated rings. The molecule has 1 saturated carbocycles. The fraction of sp³-hybridized carbons (Fsp3) is 0.625. The van der Waals surface area contributed by atoms with Crippen LogP contribution in [0.25, 0.3) is 0 Å². The van der Waals surface area contributed by atoms with Crippen LogP contribution in [0.3, 0.4) is 0 Å². The number of carbonyl (C=O) groups is 2. The van der Waals surface area contributed by atoms with Crippen molar-refractivity contribution in [3.8, 4) is 0 Å². The highest BCUT2D eigenvalue weighted by Gasteiger charge is 2.48. The summed E-state index contributed by atoms with van der Waals surface area (Å²) in [5.41, 5.74) is 0. The number of carboxylic acid groups (broad SMARTS) is 1. The maximum Gasteiger partial charge on any atom is 0.326 e. The molecule has 1 aromatic heterocycles. The number of thiophene rings is 1. The van der Waals surface area contributed by atoms with Gasteiger partial charge in [-0.2, -0.15) is 4.72 Å². The van der Waals surface area contributed by atoms with Gasteiger partial charge >= 0.3 is 5.97 Å². The summed E-state index contributed by atoms with van der Waals surface area (Å²) in [6.07, 6.45) is 4.18. The Balaban J connectivity index is 1.79. The van der Waals surface area contributed by atoms with Gasteiger partial charge in [-0.25, -0.2) is 13.2 Å². The van der Waals surface area contributed by atoms with Gasteiger partial charge < -0.3 is 10.0 Å². The number of aliphatic carboxylic acids is 1. The van der Waals surface area contributed by atoms with Crippen LogP contribution in [0, 0.1) is 5.92 Å². The Morgan fingerprint density at radius 1 is 1.36 bits per heavy atom.